The van der Waals surface area contributed by atoms with Crippen LogP contribution in [0.3, 0.4) is 0 Å². The maximum atomic E-state index is 12.3. The molecule has 2 heterocycles. The summed E-state index contributed by atoms with van der Waals surface area (Å²) in [5, 5.41) is 11.5. The largest absolute Gasteiger partial charge is 0.378 e. The van der Waals surface area contributed by atoms with Crippen LogP contribution >= 0.6 is 11.6 Å². The minimum Gasteiger partial charge on any atom is -0.378 e. The average molecular weight is 335 g/mol. The van der Waals surface area contributed by atoms with Gasteiger partial charge in [0.1, 0.15) is 0 Å². The summed E-state index contributed by atoms with van der Waals surface area (Å²) in [6.45, 7) is 3.20. The van der Waals surface area contributed by atoms with E-state index in [4.69, 9.17) is 16.3 Å². The van der Waals surface area contributed by atoms with E-state index in [9.17, 15) is 4.79 Å². The molecule has 1 fully saturated rings. The number of aromatic nitrogens is 3. The van der Waals surface area contributed by atoms with E-state index < -0.39 is 0 Å². The molecule has 6 nitrogen and oxygen atoms in total. The van der Waals surface area contributed by atoms with Gasteiger partial charge in [-0.3, -0.25) is 4.79 Å². The van der Waals surface area contributed by atoms with Crippen LogP contribution in [-0.4, -0.2) is 40.2 Å². The molecule has 7 heteroatoms. The van der Waals surface area contributed by atoms with E-state index in [0.717, 1.165) is 25.9 Å². The van der Waals surface area contributed by atoms with Gasteiger partial charge in [0.25, 0.3) is 5.91 Å². The van der Waals surface area contributed by atoms with E-state index in [1.807, 2.05) is 18.2 Å². The maximum absolute atomic E-state index is 12.3. The van der Waals surface area contributed by atoms with Gasteiger partial charge in [0.15, 0.2) is 5.69 Å². The van der Waals surface area contributed by atoms with Crippen LogP contribution in [-0.2, 0) is 4.74 Å². The van der Waals surface area contributed by atoms with Gasteiger partial charge in [-0.15, -0.1) is 5.10 Å². The third kappa shape index (κ3) is 3.54. The third-order valence-electron chi connectivity index (χ3n) is 3.97. The normalized spacial score (nSPS) is 17.4. The number of carbonyl (C=O) groups is 1. The number of nitrogens with zero attached hydrogens (tertiary/aromatic N) is 3. The molecule has 23 heavy (non-hydrogen) atoms. The summed E-state index contributed by atoms with van der Waals surface area (Å²) in [6, 6.07) is 7.32. The van der Waals surface area contributed by atoms with Gasteiger partial charge in [-0.1, -0.05) is 28.9 Å². The lowest BCUT2D eigenvalue weighted by molar-refractivity contribution is 0.0902. The minimum absolute atomic E-state index is 0.223. The lowest BCUT2D eigenvalue weighted by atomic mass is 10.2. The maximum Gasteiger partial charge on any atom is 0.273 e. The van der Waals surface area contributed by atoms with Crippen LogP contribution in [0.1, 0.15) is 35.4 Å². The molecule has 0 saturated carbocycles. The number of carbonyl (C=O) groups excluding carboxylic acids is 1. The fourth-order valence-corrected chi connectivity index (χ4v) is 2.91. The Balaban J connectivity index is 1.66. The van der Waals surface area contributed by atoms with Gasteiger partial charge < -0.3 is 10.1 Å². The highest BCUT2D eigenvalue weighted by Gasteiger charge is 2.19. The van der Waals surface area contributed by atoms with Gasteiger partial charge in [0.2, 0.25) is 0 Å². The van der Waals surface area contributed by atoms with E-state index in [0.29, 0.717) is 28.6 Å². The molecule has 1 N–H and O–H groups in total. The van der Waals surface area contributed by atoms with E-state index in [1.165, 1.54) is 0 Å². The fraction of sp³-hybridized carbons (Fsp3) is 0.438. The summed E-state index contributed by atoms with van der Waals surface area (Å²) in [4.78, 5) is 12.3. The molecule has 0 aliphatic carbocycles. The smallest absolute Gasteiger partial charge is 0.273 e. The van der Waals surface area contributed by atoms with Gasteiger partial charge in [-0.25, -0.2) is 4.68 Å². The fourth-order valence-electron chi connectivity index (χ4n) is 2.69. The van der Waals surface area contributed by atoms with Gasteiger partial charge in [-0.2, -0.15) is 0 Å². The van der Waals surface area contributed by atoms with Crippen molar-refractivity contribution in [1.29, 1.82) is 0 Å². The van der Waals surface area contributed by atoms with Gasteiger partial charge >= 0.3 is 0 Å². The van der Waals surface area contributed by atoms with Crippen molar-refractivity contribution in [3.63, 3.8) is 0 Å². The van der Waals surface area contributed by atoms with Gasteiger partial charge in [0.05, 0.1) is 22.5 Å². The summed E-state index contributed by atoms with van der Waals surface area (Å²) in [5.74, 6) is -0.223. The number of hydrogen-bond donors (Lipinski definition) is 1. The lowest BCUT2D eigenvalue weighted by Crippen LogP contribution is -2.28. The van der Waals surface area contributed by atoms with Crippen LogP contribution < -0.4 is 5.32 Å². The first-order valence-electron chi connectivity index (χ1n) is 7.74. The topological polar surface area (TPSA) is 69.0 Å². The summed E-state index contributed by atoms with van der Waals surface area (Å²) in [7, 11) is 0. The Morgan fingerprint density at radius 2 is 2.30 bits per heavy atom. The monoisotopic (exact) mass is 334 g/mol. The second-order valence-electron chi connectivity index (χ2n) is 5.57. The Morgan fingerprint density at radius 3 is 3.04 bits per heavy atom. The van der Waals surface area contributed by atoms with Crippen molar-refractivity contribution in [2.45, 2.75) is 32.3 Å². The highest BCUT2D eigenvalue weighted by Crippen LogP contribution is 2.21. The Bertz CT molecular complexity index is 695. The molecule has 3 rings (SSSR count). The second-order valence-corrected chi connectivity index (χ2v) is 5.97. The predicted octanol–water partition coefficient (Wildman–Crippen LogP) is 2.53. The number of ether oxygens (including phenoxy) is 1. The van der Waals surface area contributed by atoms with E-state index >= 15 is 0 Å². The molecule has 0 bridgehead atoms. The molecule has 1 unspecified atom stereocenters. The number of hydrogen-bond acceptors (Lipinski definition) is 4. The van der Waals surface area contributed by atoms with Crippen molar-refractivity contribution in [3.8, 4) is 5.69 Å². The third-order valence-corrected chi connectivity index (χ3v) is 4.29. The van der Waals surface area contributed by atoms with Crippen molar-refractivity contribution >= 4 is 17.5 Å². The van der Waals surface area contributed by atoms with Crippen LogP contribution in [0.2, 0.25) is 5.02 Å². The molecular formula is C16H19ClN4O2. The molecule has 122 valence electrons. The number of nitrogens with one attached hydrogen (secondary N) is 1. The molecule has 2 aromatic rings. The molecule has 0 radical (unpaired) electrons. The number of amides is 1. The predicted molar refractivity (Wildman–Crippen MR) is 87.0 cm³/mol. The first-order valence-corrected chi connectivity index (χ1v) is 8.11. The van der Waals surface area contributed by atoms with Gasteiger partial charge in [0, 0.05) is 13.2 Å². The summed E-state index contributed by atoms with van der Waals surface area (Å²) >= 11 is 6.17. The quantitative estimate of drug-likeness (QED) is 0.912. The van der Waals surface area contributed by atoms with E-state index in [2.05, 4.69) is 15.6 Å². The zero-order chi connectivity index (χ0) is 16.2. The van der Waals surface area contributed by atoms with Crippen molar-refractivity contribution in [2.24, 2.45) is 0 Å². The SMILES string of the molecule is Cc1c(C(=O)NCCC2CCCO2)nnn1-c1ccccc1Cl. The Hall–Kier alpha value is -1.92. The van der Waals surface area contributed by atoms with Crippen LogP contribution in [0.25, 0.3) is 5.69 Å². The molecule has 1 aromatic heterocycles. The Labute approximate surface area is 139 Å². The molecule has 1 amide bonds. The number of para-hydroxylation sites is 1. The first-order chi connectivity index (χ1) is 11.2. The van der Waals surface area contributed by atoms with Crippen LogP contribution in [0.5, 0.6) is 0 Å². The second kappa shape index (κ2) is 7.10. The van der Waals surface area contributed by atoms with Crippen LogP contribution in [0.4, 0.5) is 0 Å². The highest BCUT2D eigenvalue weighted by molar-refractivity contribution is 6.32. The zero-order valence-corrected chi connectivity index (χ0v) is 13.7. The molecule has 1 saturated heterocycles. The Morgan fingerprint density at radius 1 is 1.48 bits per heavy atom. The number of halogens is 1. The van der Waals surface area contributed by atoms with Crippen molar-refractivity contribution in [3.05, 3.63) is 40.7 Å². The molecule has 1 atom stereocenters. The van der Waals surface area contributed by atoms with Crippen LogP contribution in [0.15, 0.2) is 24.3 Å². The molecular weight excluding hydrogens is 316 g/mol. The standard InChI is InChI=1S/C16H19ClN4O2/c1-11-15(16(22)18-9-8-12-5-4-10-23-12)19-20-21(11)14-7-3-2-6-13(14)17/h2-3,6-7,12H,4-5,8-10H2,1H3,(H,18,22). The summed E-state index contributed by atoms with van der Waals surface area (Å²) in [6.07, 6.45) is 3.25. The first kappa shape index (κ1) is 16.0. The van der Waals surface area contributed by atoms with Crippen molar-refractivity contribution < 1.29 is 9.53 Å². The molecule has 1 aliphatic heterocycles. The highest BCUT2D eigenvalue weighted by atomic mass is 35.5. The van der Waals surface area contributed by atoms with Crippen molar-refractivity contribution in [1.82, 2.24) is 20.3 Å². The molecule has 1 aliphatic rings. The van der Waals surface area contributed by atoms with E-state index in [-0.39, 0.29) is 12.0 Å². The minimum atomic E-state index is -0.223. The summed E-state index contributed by atoms with van der Waals surface area (Å²) < 4.78 is 7.12. The number of rotatable bonds is 5. The molecule has 1 aromatic carbocycles. The Kier molecular flexibility index (Phi) is 4.93. The average Bonchev–Trinajstić information content (AvgIpc) is 3.18. The molecule has 0 spiro atoms. The summed E-state index contributed by atoms with van der Waals surface area (Å²) in [5.41, 5.74) is 1.68. The number of benzene rings is 1. The van der Waals surface area contributed by atoms with Crippen molar-refractivity contribution in [2.75, 3.05) is 13.2 Å². The van der Waals surface area contributed by atoms with Crippen LogP contribution in [0, 0.1) is 6.92 Å². The lowest BCUT2D eigenvalue weighted by Gasteiger charge is -2.09. The van der Waals surface area contributed by atoms with E-state index in [1.54, 1.807) is 17.7 Å². The van der Waals surface area contributed by atoms with Gasteiger partial charge in [-0.05, 0) is 38.3 Å². The zero-order valence-electron chi connectivity index (χ0n) is 13.0.